The Bertz CT molecular complexity index is 473. The molecule has 0 spiro atoms. The van der Waals surface area contributed by atoms with Crippen LogP contribution in [0.15, 0.2) is 28.7 Å². The molecular formula is C15H19BrN2O. The third-order valence-corrected chi connectivity index (χ3v) is 4.51. The lowest BCUT2D eigenvalue weighted by Crippen LogP contribution is -2.31. The van der Waals surface area contributed by atoms with E-state index < -0.39 is 0 Å². The molecule has 0 unspecified atom stereocenters. The van der Waals surface area contributed by atoms with Crippen LogP contribution in [0.5, 0.6) is 0 Å². The minimum absolute atomic E-state index is 0.0335. The summed E-state index contributed by atoms with van der Waals surface area (Å²) in [5, 5.41) is 3.06. The third kappa shape index (κ3) is 3.37. The number of hydrogen-bond acceptors (Lipinski definition) is 2. The van der Waals surface area contributed by atoms with Gasteiger partial charge in [0.25, 0.3) is 5.91 Å². The molecule has 1 heterocycles. The van der Waals surface area contributed by atoms with E-state index in [1.807, 2.05) is 24.3 Å². The summed E-state index contributed by atoms with van der Waals surface area (Å²) in [6.07, 6.45) is 3.96. The number of benzene rings is 1. The van der Waals surface area contributed by atoms with Gasteiger partial charge in [0.2, 0.25) is 0 Å². The summed E-state index contributed by atoms with van der Waals surface area (Å²) in [6.45, 7) is 3.17. The number of likely N-dealkylation sites (tertiary alicyclic amines) is 1. The predicted molar refractivity (Wildman–Crippen MR) is 79.2 cm³/mol. The van der Waals surface area contributed by atoms with Crippen LogP contribution < -0.4 is 5.32 Å². The maximum absolute atomic E-state index is 12.0. The second kappa shape index (κ2) is 5.63. The fourth-order valence-electron chi connectivity index (χ4n) is 2.77. The molecule has 0 aromatic heterocycles. The lowest BCUT2D eigenvalue weighted by molar-refractivity contribution is 0.0947. The molecule has 1 saturated carbocycles. The Labute approximate surface area is 122 Å². The second-order valence-corrected chi connectivity index (χ2v) is 6.52. The highest BCUT2D eigenvalue weighted by molar-refractivity contribution is 9.10. The zero-order chi connectivity index (χ0) is 13.2. The molecular weight excluding hydrogens is 304 g/mol. The van der Waals surface area contributed by atoms with Crippen molar-refractivity contribution in [2.45, 2.75) is 25.3 Å². The van der Waals surface area contributed by atoms with Gasteiger partial charge in [-0.2, -0.15) is 0 Å². The number of carbonyl (C=O) groups excluding carboxylic acids is 1. The molecule has 1 aromatic rings. The zero-order valence-electron chi connectivity index (χ0n) is 10.9. The smallest absolute Gasteiger partial charge is 0.251 e. The lowest BCUT2D eigenvalue weighted by atomic mass is 10.1. The molecule has 1 saturated heterocycles. The average Bonchev–Trinajstić information content (AvgIpc) is 3.15. The summed E-state index contributed by atoms with van der Waals surface area (Å²) in [7, 11) is 0. The van der Waals surface area contributed by atoms with Gasteiger partial charge in [-0.05, 0) is 49.9 Å². The lowest BCUT2D eigenvalue weighted by Gasteiger charge is -2.15. The standard InChI is InChI=1S/C15H19BrN2O/c16-13-3-1-2-12(8-13)15(19)17-9-11-6-7-18(10-11)14-4-5-14/h1-3,8,11,14H,4-7,9-10H2,(H,17,19)/t11-/m1/s1. The molecule has 1 amide bonds. The highest BCUT2D eigenvalue weighted by Crippen LogP contribution is 2.31. The van der Waals surface area contributed by atoms with Gasteiger partial charge in [-0.1, -0.05) is 22.0 Å². The Hall–Kier alpha value is -0.870. The molecule has 1 aromatic carbocycles. The highest BCUT2D eigenvalue weighted by atomic mass is 79.9. The summed E-state index contributed by atoms with van der Waals surface area (Å²) < 4.78 is 0.945. The monoisotopic (exact) mass is 322 g/mol. The molecule has 3 nitrogen and oxygen atoms in total. The van der Waals surface area contributed by atoms with Crippen LogP contribution in [0.25, 0.3) is 0 Å². The Morgan fingerprint density at radius 3 is 2.95 bits per heavy atom. The molecule has 19 heavy (non-hydrogen) atoms. The van der Waals surface area contributed by atoms with Crippen molar-refractivity contribution in [3.8, 4) is 0 Å². The SMILES string of the molecule is O=C(NC[C@H]1CCN(C2CC2)C1)c1cccc(Br)c1. The minimum atomic E-state index is 0.0335. The average molecular weight is 323 g/mol. The van der Waals surface area contributed by atoms with Crippen molar-refractivity contribution in [1.29, 1.82) is 0 Å². The Morgan fingerprint density at radius 2 is 2.21 bits per heavy atom. The molecule has 3 rings (SSSR count). The first-order valence-electron chi connectivity index (χ1n) is 7.00. The summed E-state index contributed by atoms with van der Waals surface area (Å²) in [5.41, 5.74) is 0.728. The summed E-state index contributed by atoms with van der Waals surface area (Å²) >= 11 is 3.39. The molecule has 4 heteroatoms. The van der Waals surface area contributed by atoms with Gasteiger partial charge in [0, 0.05) is 29.2 Å². The van der Waals surface area contributed by atoms with E-state index in [4.69, 9.17) is 0 Å². The normalized spacial score (nSPS) is 23.5. The number of carbonyl (C=O) groups is 1. The molecule has 1 atom stereocenters. The minimum Gasteiger partial charge on any atom is -0.352 e. The van der Waals surface area contributed by atoms with Gasteiger partial charge in [-0.25, -0.2) is 0 Å². The molecule has 102 valence electrons. The predicted octanol–water partition coefficient (Wildman–Crippen LogP) is 2.66. The molecule has 2 fully saturated rings. The number of amides is 1. The van der Waals surface area contributed by atoms with Crippen LogP contribution in [0.1, 0.15) is 29.6 Å². The molecule has 1 aliphatic carbocycles. The fraction of sp³-hybridized carbons (Fsp3) is 0.533. The van der Waals surface area contributed by atoms with Gasteiger partial charge >= 0.3 is 0 Å². The van der Waals surface area contributed by atoms with Crippen molar-refractivity contribution in [3.63, 3.8) is 0 Å². The maximum atomic E-state index is 12.0. The number of rotatable bonds is 4. The topological polar surface area (TPSA) is 32.3 Å². The molecule has 0 bridgehead atoms. The van der Waals surface area contributed by atoms with E-state index in [0.717, 1.165) is 29.2 Å². The van der Waals surface area contributed by atoms with Crippen molar-refractivity contribution in [2.24, 2.45) is 5.92 Å². The van der Waals surface area contributed by atoms with Crippen LogP contribution in [-0.2, 0) is 0 Å². The van der Waals surface area contributed by atoms with Crippen LogP contribution in [0, 0.1) is 5.92 Å². The summed E-state index contributed by atoms with van der Waals surface area (Å²) in [6, 6.07) is 8.39. The molecule has 2 aliphatic rings. The van der Waals surface area contributed by atoms with Crippen molar-refractivity contribution in [3.05, 3.63) is 34.3 Å². The van der Waals surface area contributed by atoms with E-state index in [0.29, 0.717) is 5.92 Å². The van der Waals surface area contributed by atoms with Gasteiger partial charge in [0.05, 0.1) is 0 Å². The quantitative estimate of drug-likeness (QED) is 0.924. The Kier molecular flexibility index (Phi) is 3.89. The van der Waals surface area contributed by atoms with Crippen LogP contribution >= 0.6 is 15.9 Å². The first kappa shape index (κ1) is 13.1. The van der Waals surface area contributed by atoms with Crippen LogP contribution in [0.3, 0.4) is 0 Å². The molecule has 0 radical (unpaired) electrons. The number of halogens is 1. The fourth-order valence-corrected chi connectivity index (χ4v) is 3.17. The Morgan fingerprint density at radius 1 is 1.37 bits per heavy atom. The van der Waals surface area contributed by atoms with Gasteiger partial charge < -0.3 is 10.2 Å². The van der Waals surface area contributed by atoms with E-state index in [1.165, 1.54) is 25.8 Å². The Balaban J connectivity index is 1.48. The number of nitrogens with one attached hydrogen (secondary N) is 1. The van der Waals surface area contributed by atoms with Crippen molar-refractivity contribution < 1.29 is 4.79 Å². The van der Waals surface area contributed by atoms with E-state index in [9.17, 15) is 4.79 Å². The van der Waals surface area contributed by atoms with Crippen molar-refractivity contribution in [1.82, 2.24) is 10.2 Å². The first-order valence-corrected chi connectivity index (χ1v) is 7.79. The van der Waals surface area contributed by atoms with Crippen LogP contribution in [0.4, 0.5) is 0 Å². The molecule has 1 N–H and O–H groups in total. The van der Waals surface area contributed by atoms with Gasteiger partial charge in [-0.3, -0.25) is 4.79 Å². The van der Waals surface area contributed by atoms with E-state index in [1.54, 1.807) is 0 Å². The molecule has 1 aliphatic heterocycles. The van der Waals surface area contributed by atoms with E-state index in [2.05, 4.69) is 26.1 Å². The van der Waals surface area contributed by atoms with Gasteiger partial charge in [0.15, 0.2) is 0 Å². The first-order chi connectivity index (χ1) is 9.22. The van der Waals surface area contributed by atoms with E-state index in [-0.39, 0.29) is 5.91 Å². The third-order valence-electron chi connectivity index (χ3n) is 4.02. The van der Waals surface area contributed by atoms with Gasteiger partial charge in [0.1, 0.15) is 0 Å². The van der Waals surface area contributed by atoms with Crippen LogP contribution in [-0.4, -0.2) is 36.5 Å². The number of hydrogen-bond donors (Lipinski definition) is 1. The van der Waals surface area contributed by atoms with Crippen molar-refractivity contribution >= 4 is 21.8 Å². The van der Waals surface area contributed by atoms with Crippen molar-refractivity contribution in [2.75, 3.05) is 19.6 Å². The van der Waals surface area contributed by atoms with Crippen LogP contribution in [0.2, 0.25) is 0 Å². The van der Waals surface area contributed by atoms with Gasteiger partial charge in [-0.15, -0.1) is 0 Å². The summed E-state index contributed by atoms with van der Waals surface area (Å²) in [4.78, 5) is 14.6. The highest BCUT2D eigenvalue weighted by Gasteiger charge is 2.34. The largest absolute Gasteiger partial charge is 0.352 e. The number of nitrogens with zero attached hydrogens (tertiary/aromatic N) is 1. The zero-order valence-corrected chi connectivity index (χ0v) is 12.5. The summed E-state index contributed by atoms with van der Waals surface area (Å²) in [5.74, 6) is 0.655. The second-order valence-electron chi connectivity index (χ2n) is 5.60. The maximum Gasteiger partial charge on any atom is 0.251 e. The van der Waals surface area contributed by atoms with E-state index >= 15 is 0 Å².